The zero-order valence-corrected chi connectivity index (χ0v) is 14.6. The van der Waals surface area contributed by atoms with Gasteiger partial charge < -0.3 is 9.84 Å². The van der Waals surface area contributed by atoms with Crippen LogP contribution in [-0.4, -0.2) is 25.7 Å². The van der Waals surface area contributed by atoms with Crippen molar-refractivity contribution in [3.8, 4) is 11.5 Å². The highest BCUT2D eigenvalue weighted by Crippen LogP contribution is 2.34. The van der Waals surface area contributed by atoms with Gasteiger partial charge in [-0.2, -0.15) is 13.2 Å². The molecule has 2 aromatic rings. The van der Waals surface area contributed by atoms with Gasteiger partial charge in [-0.05, 0) is 48.4 Å². The largest absolute Gasteiger partial charge is 0.478 e. The average Bonchev–Trinajstić information content (AvgIpc) is 2.52. The zero-order valence-electron chi connectivity index (χ0n) is 13.8. The lowest BCUT2D eigenvalue weighted by Crippen LogP contribution is -2.08. The summed E-state index contributed by atoms with van der Waals surface area (Å²) in [6, 6.07) is 6.01. The van der Waals surface area contributed by atoms with Gasteiger partial charge in [0.15, 0.2) is 9.84 Å². The molecule has 0 heterocycles. The molecule has 0 aromatic heterocycles. The van der Waals surface area contributed by atoms with E-state index in [0.29, 0.717) is 12.0 Å². The maximum atomic E-state index is 12.6. The number of aryl methyl sites for hydroxylation is 1. The fraction of sp³-hybridized carbons (Fsp3) is 0.235. The number of rotatable bonds is 5. The number of sulfone groups is 1. The summed E-state index contributed by atoms with van der Waals surface area (Å²) in [5, 5.41) is 9.23. The Hall–Kier alpha value is -2.55. The molecule has 0 bridgehead atoms. The molecule has 0 fully saturated rings. The fourth-order valence-electron chi connectivity index (χ4n) is 2.30. The normalized spacial score (nSPS) is 12.0. The highest BCUT2D eigenvalue weighted by atomic mass is 32.2. The van der Waals surface area contributed by atoms with Crippen molar-refractivity contribution in [2.75, 3.05) is 6.26 Å². The molecular formula is C17H15F3O5S. The summed E-state index contributed by atoms with van der Waals surface area (Å²) >= 11 is 0. The first-order valence-electron chi connectivity index (χ1n) is 7.39. The number of carbonyl (C=O) groups is 1. The van der Waals surface area contributed by atoms with Crippen molar-refractivity contribution in [2.24, 2.45) is 0 Å². The van der Waals surface area contributed by atoms with Crippen LogP contribution < -0.4 is 4.74 Å². The van der Waals surface area contributed by atoms with E-state index in [0.717, 1.165) is 36.6 Å². The molecule has 1 N–H and O–H groups in total. The minimum absolute atomic E-state index is 0.00646. The third kappa shape index (κ3) is 4.34. The van der Waals surface area contributed by atoms with Crippen LogP contribution in [0.25, 0.3) is 0 Å². The lowest BCUT2D eigenvalue weighted by molar-refractivity contribution is -0.137. The standard InChI is InChI=1S/C17H15F3O5S/c1-3-10-8-14(15(26(2,23)24)9-13(10)16(21)22)25-12-6-4-11(5-7-12)17(18,19)20/h4-9H,3H2,1-2H3,(H,21,22). The van der Waals surface area contributed by atoms with E-state index in [1.54, 1.807) is 6.92 Å². The number of benzene rings is 2. The summed E-state index contributed by atoms with van der Waals surface area (Å²) in [5.41, 5.74) is -0.705. The van der Waals surface area contributed by atoms with Crippen molar-refractivity contribution >= 4 is 15.8 Å². The summed E-state index contributed by atoms with van der Waals surface area (Å²) in [5.74, 6) is -1.44. The first kappa shape index (κ1) is 19.8. The minimum atomic E-state index is -4.50. The number of alkyl halides is 3. The summed E-state index contributed by atoms with van der Waals surface area (Å²) in [4.78, 5) is 11.0. The van der Waals surface area contributed by atoms with Crippen LogP contribution in [0.1, 0.15) is 28.4 Å². The van der Waals surface area contributed by atoms with Gasteiger partial charge in [-0.25, -0.2) is 13.2 Å². The van der Waals surface area contributed by atoms with Gasteiger partial charge in [0.25, 0.3) is 0 Å². The van der Waals surface area contributed by atoms with Crippen molar-refractivity contribution in [1.82, 2.24) is 0 Å². The van der Waals surface area contributed by atoms with Gasteiger partial charge in [0.2, 0.25) is 0 Å². The van der Waals surface area contributed by atoms with E-state index in [4.69, 9.17) is 4.74 Å². The lowest BCUT2D eigenvalue weighted by Gasteiger charge is -2.14. The van der Waals surface area contributed by atoms with Gasteiger partial charge in [-0.1, -0.05) is 6.92 Å². The van der Waals surface area contributed by atoms with Crippen molar-refractivity contribution in [3.05, 3.63) is 53.1 Å². The van der Waals surface area contributed by atoms with Crippen LogP contribution in [0.2, 0.25) is 0 Å². The molecule has 0 aliphatic heterocycles. The van der Waals surface area contributed by atoms with Crippen LogP contribution >= 0.6 is 0 Å². The second-order valence-electron chi connectivity index (χ2n) is 5.51. The molecule has 2 rings (SSSR count). The third-order valence-electron chi connectivity index (χ3n) is 3.59. The summed E-state index contributed by atoms with van der Waals surface area (Å²) in [6.45, 7) is 1.68. The van der Waals surface area contributed by atoms with Gasteiger partial charge in [0, 0.05) is 6.26 Å². The topological polar surface area (TPSA) is 80.7 Å². The summed E-state index contributed by atoms with van der Waals surface area (Å²) < 4.78 is 67.2. The van der Waals surface area contributed by atoms with E-state index in [9.17, 15) is 31.5 Å². The van der Waals surface area contributed by atoms with E-state index >= 15 is 0 Å². The number of hydrogen-bond donors (Lipinski definition) is 1. The highest BCUT2D eigenvalue weighted by Gasteiger charge is 2.30. The van der Waals surface area contributed by atoms with Crippen molar-refractivity contribution < 1.29 is 36.2 Å². The minimum Gasteiger partial charge on any atom is -0.478 e. The Kier molecular flexibility index (Phi) is 5.31. The van der Waals surface area contributed by atoms with Gasteiger partial charge >= 0.3 is 12.1 Å². The SMILES string of the molecule is CCc1cc(Oc2ccc(C(F)(F)F)cc2)c(S(C)(=O)=O)cc1C(=O)O. The van der Waals surface area contributed by atoms with Crippen LogP contribution in [0, 0.1) is 0 Å². The molecule has 0 aliphatic carbocycles. The Morgan fingerprint density at radius 1 is 1.15 bits per heavy atom. The molecule has 0 aliphatic rings. The van der Waals surface area contributed by atoms with Crippen molar-refractivity contribution in [3.63, 3.8) is 0 Å². The smallest absolute Gasteiger partial charge is 0.416 e. The molecule has 26 heavy (non-hydrogen) atoms. The van der Waals surface area contributed by atoms with E-state index in [1.165, 1.54) is 6.07 Å². The molecule has 5 nitrogen and oxygen atoms in total. The molecular weight excluding hydrogens is 373 g/mol. The molecule has 0 saturated heterocycles. The molecule has 9 heteroatoms. The average molecular weight is 388 g/mol. The van der Waals surface area contributed by atoms with Crippen LogP contribution in [0.15, 0.2) is 41.3 Å². The number of hydrogen-bond acceptors (Lipinski definition) is 4. The first-order chi connectivity index (χ1) is 11.9. The van der Waals surface area contributed by atoms with E-state index in [1.807, 2.05) is 0 Å². The Morgan fingerprint density at radius 2 is 1.73 bits per heavy atom. The number of carboxylic acids is 1. The Bertz CT molecular complexity index is 932. The van der Waals surface area contributed by atoms with E-state index in [2.05, 4.69) is 0 Å². The van der Waals surface area contributed by atoms with Crippen LogP contribution in [0.5, 0.6) is 11.5 Å². The number of carboxylic acid groups (broad SMARTS) is 1. The predicted molar refractivity (Wildman–Crippen MR) is 87.4 cm³/mol. The number of ether oxygens (including phenoxy) is 1. The van der Waals surface area contributed by atoms with Gasteiger partial charge in [-0.3, -0.25) is 0 Å². The Morgan fingerprint density at radius 3 is 2.15 bits per heavy atom. The van der Waals surface area contributed by atoms with Crippen molar-refractivity contribution in [1.29, 1.82) is 0 Å². The molecule has 0 spiro atoms. The Labute approximate surface area is 148 Å². The summed E-state index contributed by atoms with van der Waals surface area (Å²) in [6.07, 6.45) is -3.32. The van der Waals surface area contributed by atoms with E-state index < -0.39 is 27.5 Å². The molecule has 0 atom stereocenters. The van der Waals surface area contributed by atoms with Crippen LogP contribution in [0.4, 0.5) is 13.2 Å². The maximum Gasteiger partial charge on any atom is 0.416 e. The maximum absolute atomic E-state index is 12.6. The van der Waals surface area contributed by atoms with E-state index in [-0.39, 0.29) is 22.0 Å². The summed E-state index contributed by atoms with van der Waals surface area (Å²) in [7, 11) is -3.83. The molecule has 2 aromatic carbocycles. The van der Waals surface area contributed by atoms with Crippen LogP contribution in [-0.2, 0) is 22.4 Å². The first-order valence-corrected chi connectivity index (χ1v) is 9.28. The number of halogens is 3. The second-order valence-corrected chi connectivity index (χ2v) is 7.50. The molecule has 140 valence electrons. The second kappa shape index (κ2) is 6.99. The zero-order chi connectivity index (χ0) is 19.7. The molecule has 0 amide bonds. The highest BCUT2D eigenvalue weighted by molar-refractivity contribution is 7.90. The third-order valence-corrected chi connectivity index (χ3v) is 4.71. The Balaban J connectivity index is 2.53. The lowest BCUT2D eigenvalue weighted by atomic mass is 10.0. The quantitative estimate of drug-likeness (QED) is 0.832. The monoisotopic (exact) mass is 388 g/mol. The molecule has 0 unspecified atom stereocenters. The number of aromatic carboxylic acids is 1. The van der Waals surface area contributed by atoms with Crippen LogP contribution in [0.3, 0.4) is 0 Å². The van der Waals surface area contributed by atoms with Gasteiger partial charge in [-0.15, -0.1) is 0 Å². The van der Waals surface area contributed by atoms with Gasteiger partial charge in [0.05, 0.1) is 11.1 Å². The van der Waals surface area contributed by atoms with Gasteiger partial charge in [0.1, 0.15) is 16.4 Å². The fourth-order valence-corrected chi connectivity index (χ4v) is 3.10. The molecule has 0 saturated carbocycles. The predicted octanol–water partition coefficient (Wildman–Crippen LogP) is 4.16. The molecule has 0 radical (unpaired) electrons. The van der Waals surface area contributed by atoms with Crippen molar-refractivity contribution in [2.45, 2.75) is 24.4 Å².